The summed E-state index contributed by atoms with van der Waals surface area (Å²) in [5.41, 5.74) is 0.0960. The number of nitrogens with zero attached hydrogens (tertiary/aromatic N) is 2. The molecular weight excluding hydrogens is 202 g/mol. The molecule has 0 saturated carbocycles. The van der Waals surface area contributed by atoms with Gasteiger partial charge >= 0.3 is 5.69 Å². The molecule has 0 aromatic carbocycles. The highest BCUT2D eigenvalue weighted by molar-refractivity contribution is 4.84. The Labute approximate surface area is 97.3 Å². The van der Waals surface area contributed by atoms with Crippen LogP contribution in [0.5, 0.6) is 0 Å². The van der Waals surface area contributed by atoms with E-state index in [1.165, 1.54) is 0 Å². The van der Waals surface area contributed by atoms with E-state index >= 15 is 0 Å². The third-order valence-electron chi connectivity index (χ3n) is 2.79. The van der Waals surface area contributed by atoms with Gasteiger partial charge < -0.3 is 5.32 Å². The summed E-state index contributed by atoms with van der Waals surface area (Å²) >= 11 is 0. The summed E-state index contributed by atoms with van der Waals surface area (Å²) in [4.78, 5) is 11.9. The molecule has 92 valence electrons. The van der Waals surface area contributed by atoms with Crippen molar-refractivity contribution in [3.05, 3.63) is 22.9 Å². The van der Waals surface area contributed by atoms with E-state index in [0.29, 0.717) is 6.04 Å². The van der Waals surface area contributed by atoms with Crippen molar-refractivity contribution in [2.24, 2.45) is 0 Å². The van der Waals surface area contributed by atoms with Gasteiger partial charge in [0.15, 0.2) is 0 Å². The average molecular weight is 225 g/mol. The fourth-order valence-corrected chi connectivity index (χ4v) is 1.77. The molecule has 4 nitrogen and oxygen atoms in total. The zero-order chi connectivity index (χ0) is 12.1. The van der Waals surface area contributed by atoms with E-state index < -0.39 is 0 Å². The SMILES string of the molecule is CCNC(C)CCn1ccn(C(C)C)c1=O. The van der Waals surface area contributed by atoms with Crippen LogP contribution in [0.3, 0.4) is 0 Å². The first-order chi connectivity index (χ1) is 7.56. The van der Waals surface area contributed by atoms with Gasteiger partial charge in [-0.3, -0.25) is 9.13 Å². The lowest BCUT2D eigenvalue weighted by Gasteiger charge is -2.11. The van der Waals surface area contributed by atoms with Crippen LogP contribution >= 0.6 is 0 Å². The van der Waals surface area contributed by atoms with Gasteiger partial charge in [-0.05, 0) is 33.7 Å². The van der Waals surface area contributed by atoms with Crippen molar-refractivity contribution < 1.29 is 0 Å². The van der Waals surface area contributed by atoms with Gasteiger partial charge in [-0.2, -0.15) is 0 Å². The topological polar surface area (TPSA) is 39.0 Å². The summed E-state index contributed by atoms with van der Waals surface area (Å²) in [6.07, 6.45) is 4.72. The van der Waals surface area contributed by atoms with Crippen LogP contribution in [0.15, 0.2) is 17.2 Å². The summed E-state index contributed by atoms with van der Waals surface area (Å²) in [6.45, 7) is 10.0. The molecule has 0 amide bonds. The Bertz CT molecular complexity index is 365. The van der Waals surface area contributed by atoms with Gasteiger partial charge in [0.2, 0.25) is 0 Å². The van der Waals surface area contributed by atoms with Gasteiger partial charge in [0, 0.05) is 31.0 Å². The summed E-state index contributed by atoms with van der Waals surface area (Å²) < 4.78 is 3.55. The van der Waals surface area contributed by atoms with Gasteiger partial charge in [0.25, 0.3) is 0 Å². The number of nitrogens with one attached hydrogen (secondary N) is 1. The Morgan fingerprint density at radius 1 is 1.31 bits per heavy atom. The van der Waals surface area contributed by atoms with Crippen molar-refractivity contribution in [3.8, 4) is 0 Å². The summed E-state index contributed by atoms with van der Waals surface area (Å²) in [6, 6.07) is 0.694. The van der Waals surface area contributed by atoms with E-state index in [-0.39, 0.29) is 11.7 Å². The molecule has 0 spiro atoms. The van der Waals surface area contributed by atoms with Gasteiger partial charge in [-0.15, -0.1) is 0 Å². The Morgan fingerprint density at radius 2 is 2.00 bits per heavy atom. The van der Waals surface area contributed by atoms with Crippen molar-refractivity contribution in [1.82, 2.24) is 14.5 Å². The highest BCUT2D eigenvalue weighted by Gasteiger charge is 2.07. The lowest BCUT2D eigenvalue weighted by molar-refractivity contribution is 0.473. The van der Waals surface area contributed by atoms with E-state index in [1.807, 2.05) is 26.2 Å². The van der Waals surface area contributed by atoms with Crippen molar-refractivity contribution in [1.29, 1.82) is 0 Å². The van der Waals surface area contributed by atoms with Crippen LogP contribution in [0.2, 0.25) is 0 Å². The zero-order valence-electron chi connectivity index (χ0n) is 10.7. The molecule has 1 aromatic heterocycles. The Hall–Kier alpha value is -1.03. The van der Waals surface area contributed by atoms with E-state index in [4.69, 9.17) is 0 Å². The maximum Gasteiger partial charge on any atom is 0.328 e. The minimum absolute atomic E-state index is 0.0960. The third-order valence-corrected chi connectivity index (χ3v) is 2.79. The summed E-state index contributed by atoms with van der Waals surface area (Å²) in [5.74, 6) is 0. The molecule has 0 aliphatic carbocycles. The minimum atomic E-state index is 0.0960. The van der Waals surface area contributed by atoms with Crippen LogP contribution in [-0.2, 0) is 6.54 Å². The number of hydrogen-bond donors (Lipinski definition) is 1. The van der Waals surface area contributed by atoms with Gasteiger partial charge in [-0.25, -0.2) is 4.79 Å². The van der Waals surface area contributed by atoms with Crippen LogP contribution in [0.1, 0.15) is 40.2 Å². The molecule has 16 heavy (non-hydrogen) atoms. The smallest absolute Gasteiger partial charge is 0.314 e. The van der Waals surface area contributed by atoms with Crippen molar-refractivity contribution >= 4 is 0 Å². The van der Waals surface area contributed by atoms with E-state index in [9.17, 15) is 4.79 Å². The second-order valence-electron chi connectivity index (χ2n) is 4.52. The maximum absolute atomic E-state index is 11.9. The first-order valence-corrected chi connectivity index (χ1v) is 6.07. The molecule has 0 radical (unpaired) electrons. The number of rotatable bonds is 6. The normalized spacial score (nSPS) is 13.3. The molecule has 0 saturated heterocycles. The largest absolute Gasteiger partial charge is 0.328 e. The lowest BCUT2D eigenvalue weighted by atomic mass is 10.2. The van der Waals surface area contributed by atoms with E-state index in [2.05, 4.69) is 19.2 Å². The highest BCUT2D eigenvalue weighted by atomic mass is 16.1. The zero-order valence-corrected chi connectivity index (χ0v) is 10.7. The minimum Gasteiger partial charge on any atom is -0.314 e. The predicted molar refractivity (Wildman–Crippen MR) is 66.8 cm³/mol. The third kappa shape index (κ3) is 3.23. The monoisotopic (exact) mass is 225 g/mol. The quantitative estimate of drug-likeness (QED) is 0.799. The first kappa shape index (κ1) is 13.0. The number of imidazole rings is 1. The second-order valence-corrected chi connectivity index (χ2v) is 4.52. The molecule has 0 aliphatic heterocycles. The second kappa shape index (κ2) is 5.89. The summed E-state index contributed by atoms with van der Waals surface area (Å²) in [7, 11) is 0. The number of hydrogen-bond acceptors (Lipinski definition) is 2. The van der Waals surface area contributed by atoms with Gasteiger partial charge in [0.05, 0.1) is 0 Å². The van der Waals surface area contributed by atoms with Crippen molar-refractivity contribution in [3.63, 3.8) is 0 Å². The van der Waals surface area contributed by atoms with Crippen LogP contribution in [-0.4, -0.2) is 21.7 Å². The van der Waals surface area contributed by atoms with Gasteiger partial charge in [-0.1, -0.05) is 6.92 Å². The molecule has 1 rings (SSSR count). The fourth-order valence-electron chi connectivity index (χ4n) is 1.77. The first-order valence-electron chi connectivity index (χ1n) is 6.07. The summed E-state index contributed by atoms with van der Waals surface area (Å²) in [5, 5.41) is 3.34. The van der Waals surface area contributed by atoms with Crippen molar-refractivity contribution in [2.45, 2.75) is 52.7 Å². The molecule has 1 unspecified atom stereocenters. The molecule has 1 N–H and O–H groups in total. The Kier molecular flexibility index (Phi) is 4.80. The van der Waals surface area contributed by atoms with Crippen molar-refractivity contribution in [2.75, 3.05) is 6.54 Å². The molecular formula is C12H23N3O. The average Bonchev–Trinajstić information content (AvgIpc) is 2.57. The fraction of sp³-hybridized carbons (Fsp3) is 0.750. The molecule has 0 fully saturated rings. The number of aromatic nitrogens is 2. The standard InChI is InChI=1S/C12H23N3O/c1-5-13-11(4)6-7-14-8-9-15(10(2)3)12(14)16/h8-11,13H,5-7H2,1-4H3. The van der Waals surface area contributed by atoms with Crippen LogP contribution in [0, 0.1) is 0 Å². The number of aryl methyl sites for hydroxylation is 1. The van der Waals surface area contributed by atoms with E-state index in [0.717, 1.165) is 19.5 Å². The molecule has 0 bridgehead atoms. The molecule has 1 aromatic rings. The van der Waals surface area contributed by atoms with Crippen LogP contribution in [0.4, 0.5) is 0 Å². The Morgan fingerprint density at radius 3 is 2.50 bits per heavy atom. The molecule has 1 atom stereocenters. The van der Waals surface area contributed by atoms with Crippen LogP contribution in [0.25, 0.3) is 0 Å². The molecule has 0 aliphatic rings. The molecule has 1 heterocycles. The predicted octanol–water partition coefficient (Wildman–Crippen LogP) is 1.62. The lowest BCUT2D eigenvalue weighted by Crippen LogP contribution is -2.30. The maximum atomic E-state index is 11.9. The van der Waals surface area contributed by atoms with Crippen LogP contribution < -0.4 is 11.0 Å². The Balaban J connectivity index is 2.58. The highest BCUT2D eigenvalue weighted by Crippen LogP contribution is 2.00. The molecule has 4 heteroatoms. The van der Waals surface area contributed by atoms with E-state index in [1.54, 1.807) is 9.13 Å². The van der Waals surface area contributed by atoms with Gasteiger partial charge in [0.1, 0.15) is 0 Å².